The molecule has 0 atom stereocenters. The summed E-state index contributed by atoms with van der Waals surface area (Å²) in [6, 6.07) is 8.04. The van der Waals surface area contributed by atoms with Crippen LogP contribution in [0.5, 0.6) is 0 Å². The van der Waals surface area contributed by atoms with Crippen LogP contribution in [0.1, 0.15) is 0 Å². The first kappa shape index (κ1) is 14.6. The third-order valence-corrected chi connectivity index (χ3v) is 3.70. The maximum atomic E-state index is 6.23. The van der Waals surface area contributed by atoms with Crippen LogP contribution in [-0.4, -0.2) is 57.4 Å². The molecule has 1 fully saturated rings. The van der Waals surface area contributed by atoms with E-state index in [-0.39, 0.29) is 0 Å². The minimum absolute atomic E-state index is 0.598. The van der Waals surface area contributed by atoms with Crippen LogP contribution in [0.15, 0.2) is 24.3 Å². The molecule has 0 radical (unpaired) electrons. The molecule has 0 saturated carbocycles. The predicted molar refractivity (Wildman–Crippen MR) is 80.0 cm³/mol. The Morgan fingerprint density at radius 3 is 2.53 bits per heavy atom. The van der Waals surface area contributed by atoms with Crippen molar-refractivity contribution in [3.8, 4) is 0 Å². The number of para-hydroxylation sites is 1. The average Bonchev–Trinajstić information content (AvgIpc) is 2.45. The van der Waals surface area contributed by atoms with E-state index in [0.717, 1.165) is 50.0 Å². The van der Waals surface area contributed by atoms with Crippen molar-refractivity contribution in [3.63, 3.8) is 0 Å². The lowest BCUT2D eigenvalue weighted by molar-refractivity contribution is 0.107. The van der Waals surface area contributed by atoms with E-state index in [1.165, 1.54) is 0 Å². The summed E-state index contributed by atoms with van der Waals surface area (Å²) in [7, 11) is 0. The number of hydrogen-bond acceptors (Lipinski definition) is 4. The van der Waals surface area contributed by atoms with E-state index < -0.39 is 0 Å². The van der Waals surface area contributed by atoms with Gasteiger partial charge < -0.3 is 15.4 Å². The van der Waals surface area contributed by atoms with Gasteiger partial charge in [0.05, 0.1) is 23.9 Å². The Balaban J connectivity index is 1.75. The molecule has 1 aromatic carbocycles. The Morgan fingerprint density at radius 1 is 1.11 bits per heavy atom. The van der Waals surface area contributed by atoms with Gasteiger partial charge in [0.15, 0.2) is 0 Å². The zero-order valence-corrected chi connectivity index (χ0v) is 12.0. The second-order valence-corrected chi connectivity index (χ2v) is 5.09. The van der Waals surface area contributed by atoms with E-state index >= 15 is 0 Å². The van der Waals surface area contributed by atoms with Crippen molar-refractivity contribution in [3.05, 3.63) is 29.3 Å². The summed E-state index contributed by atoms with van der Waals surface area (Å²) in [5, 5.41) is 0.835. The largest absolute Gasteiger partial charge is 0.379 e. The minimum atomic E-state index is 0.598. The lowest BCUT2D eigenvalue weighted by Gasteiger charge is -2.36. The molecule has 2 rings (SSSR count). The monoisotopic (exact) mass is 283 g/mol. The molecule has 19 heavy (non-hydrogen) atoms. The van der Waals surface area contributed by atoms with E-state index in [4.69, 9.17) is 22.1 Å². The molecule has 0 amide bonds. The Bertz CT molecular complexity index is 381. The molecule has 1 heterocycles. The summed E-state index contributed by atoms with van der Waals surface area (Å²) in [6.45, 7) is 7.13. The second kappa shape index (κ2) is 7.70. The molecule has 5 heteroatoms. The average molecular weight is 284 g/mol. The van der Waals surface area contributed by atoms with Gasteiger partial charge in [0.1, 0.15) is 0 Å². The summed E-state index contributed by atoms with van der Waals surface area (Å²) in [4.78, 5) is 4.77. The molecule has 0 aliphatic carbocycles. The van der Waals surface area contributed by atoms with Gasteiger partial charge in [-0.05, 0) is 12.1 Å². The van der Waals surface area contributed by atoms with Crippen molar-refractivity contribution in [2.45, 2.75) is 0 Å². The first-order chi connectivity index (χ1) is 9.31. The molecule has 2 N–H and O–H groups in total. The lowest BCUT2D eigenvalue weighted by Crippen LogP contribution is -2.47. The minimum Gasteiger partial charge on any atom is -0.379 e. The highest BCUT2D eigenvalue weighted by atomic mass is 35.5. The van der Waals surface area contributed by atoms with Gasteiger partial charge in [0, 0.05) is 39.3 Å². The van der Waals surface area contributed by atoms with Gasteiger partial charge in [-0.1, -0.05) is 23.7 Å². The highest BCUT2D eigenvalue weighted by Gasteiger charge is 2.18. The van der Waals surface area contributed by atoms with E-state index in [1.54, 1.807) is 0 Å². The van der Waals surface area contributed by atoms with Crippen LogP contribution >= 0.6 is 11.6 Å². The first-order valence-electron chi connectivity index (χ1n) is 6.81. The van der Waals surface area contributed by atoms with Crippen molar-refractivity contribution >= 4 is 17.3 Å². The summed E-state index contributed by atoms with van der Waals surface area (Å²) in [5.74, 6) is 0. The fourth-order valence-electron chi connectivity index (χ4n) is 2.30. The van der Waals surface area contributed by atoms with Crippen LogP contribution in [0.3, 0.4) is 0 Å². The van der Waals surface area contributed by atoms with Crippen LogP contribution in [0.4, 0.5) is 5.69 Å². The van der Waals surface area contributed by atoms with Crippen molar-refractivity contribution in [1.29, 1.82) is 0 Å². The van der Waals surface area contributed by atoms with Gasteiger partial charge in [0.25, 0.3) is 0 Å². The Labute approximate surface area is 120 Å². The third kappa shape index (κ3) is 4.35. The molecule has 0 spiro atoms. The maximum Gasteiger partial charge on any atom is 0.0639 e. The first-order valence-corrected chi connectivity index (χ1v) is 7.18. The molecule has 106 valence electrons. The predicted octanol–water partition coefficient (Wildman–Crippen LogP) is 1.44. The van der Waals surface area contributed by atoms with Crippen LogP contribution in [0, 0.1) is 0 Å². The van der Waals surface area contributed by atoms with Crippen molar-refractivity contribution in [1.82, 2.24) is 4.90 Å². The van der Waals surface area contributed by atoms with Crippen molar-refractivity contribution in [2.24, 2.45) is 5.73 Å². The molecule has 0 aromatic heterocycles. The zero-order valence-electron chi connectivity index (χ0n) is 11.2. The van der Waals surface area contributed by atoms with E-state index in [1.807, 2.05) is 18.2 Å². The van der Waals surface area contributed by atoms with Crippen molar-refractivity contribution in [2.75, 3.05) is 57.4 Å². The van der Waals surface area contributed by atoms with E-state index in [2.05, 4.69) is 15.9 Å². The SMILES string of the molecule is NCCOCCN1CCN(c2ccccc2Cl)CC1. The van der Waals surface area contributed by atoms with Crippen molar-refractivity contribution < 1.29 is 4.74 Å². The Morgan fingerprint density at radius 2 is 1.84 bits per heavy atom. The standard InChI is InChI=1S/C14H22ClN3O/c15-13-3-1-2-4-14(13)18-8-6-17(7-9-18)10-12-19-11-5-16/h1-4H,5-12,16H2. The molecule has 0 unspecified atom stereocenters. The number of anilines is 1. The van der Waals surface area contributed by atoms with Gasteiger partial charge in [-0.15, -0.1) is 0 Å². The molecule has 1 saturated heterocycles. The van der Waals surface area contributed by atoms with E-state index in [9.17, 15) is 0 Å². The molecular formula is C14H22ClN3O. The number of hydrogen-bond donors (Lipinski definition) is 1. The van der Waals surface area contributed by atoms with Gasteiger partial charge in [-0.25, -0.2) is 0 Å². The number of halogens is 1. The van der Waals surface area contributed by atoms with Gasteiger partial charge in [-0.2, -0.15) is 0 Å². The Kier molecular flexibility index (Phi) is 5.92. The van der Waals surface area contributed by atoms with Crippen LogP contribution < -0.4 is 10.6 Å². The number of nitrogens with zero attached hydrogens (tertiary/aromatic N) is 2. The smallest absolute Gasteiger partial charge is 0.0639 e. The molecular weight excluding hydrogens is 262 g/mol. The lowest BCUT2D eigenvalue weighted by atomic mass is 10.2. The normalized spacial score (nSPS) is 16.8. The topological polar surface area (TPSA) is 41.7 Å². The molecule has 0 bridgehead atoms. The van der Waals surface area contributed by atoms with Gasteiger partial charge in [0.2, 0.25) is 0 Å². The highest BCUT2D eigenvalue weighted by molar-refractivity contribution is 6.33. The summed E-state index contributed by atoms with van der Waals surface area (Å²) < 4.78 is 5.41. The van der Waals surface area contributed by atoms with Crippen LogP contribution in [0.2, 0.25) is 5.02 Å². The number of ether oxygens (including phenoxy) is 1. The van der Waals surface area contributed by atoms with Crippen LogP contribution in [0.25, 0.3) is 0 Å². The number of piperazine rings is 1. The third-order valence-electron chi connectivity index (χ3n) is 3.38. The fourth-order valence-corrected chi connectivity index (χ4v) is 2.55. The fraction of sp³-hybridized carbons (Fsp3) is 0.571. The maximum absolute atomic E-state index is 6.23. The second-order valence-electron chi connectivity index (χ2n) is 4.68. The summed E-state index contributed by atoms with van der Waals surface area (Å²) >= 11 is 6.23. The molecule has 1 aliphatic heterocycles. The van der Waals surface area contributed by atoms with Gasteiger partial charge >= 0.3 is 0 Å². The quantitative estimate of drug-likeness (QED) is 0.802. The number of nitrogens with two attached hydrogens (primary N) is 1. The summed E-state index contributed by atoms with van der Waals surface area (Å²) in [5.41, 5.74) is 6.53. The molecule has 4 nitrogen and oxygen atoms in total. The number of benzene rings is 1. The zero-order chi connectivity index (χ0) is 13.5. The highest BCUT2D eigenvalue weighted by Crippen LogP contribution is 2.25. The molecule has 1 aromatic rings. The number of rotatable bonds is 6. The summed E-state index contributed by atoms with van der Waals surface area (Å²) in [6.07, 6.45) is 0. The van der Waals surface area contributed by atoms with Gasteiger partial charge in [-0.3, -0.25) is 4.90 Å². The van der Waals surface area contributed by atoms with Crippen LogP contribution in [-0.2, 0) is 4.74 Å². The van der Waals surface area contributed by atoms with E-state index in [0.29, 0.717) is 13.2 Å². The Hall–Kier alpha value is -0.810. The molecule has 1 aliphatic rings.